The third-order valence-corrected chi connectivity index (χ3v) is 7.50. The van der Waals surface area contributed by atoms with Crippen molar-refractivity contribution in [2.75, 3.05) is 6.61 Å². The molecule has 2 N–H and O–H groups in total. The van der Waals surface area contributed by atoms with Crippen LogP contribution in [0, 0.1) is 0 Å². The number of carboxylic acid groups (broad SMARTS) is 1. The minimum absolute atomic E-state index is 0.0787. The summed E-state index contributed by atoms with van der Waals surface area (Å²) in [6, 6.07) is 24.0. The number of rotatable bonds is 10. The zero-order chi connectivity index (χ0) is 28.9. The summed E-state index contributed by atoms with van der Waals surface area (Å²) in [6.45, 7) is 1.87. The number of carbonyl (C=O) groups is 4. The maximum absolute atomic E-state index is 13.8. The molecule has 0 spiro atoms. The maximum Gasteiger partial charge on any atom is 0.411 e. The van der Waals surface area contributed by atoms with Crippen LogP contribution in [0.4, 0.5) is 4.79 Å². The van der Waals surface area contributed by atoms with Crippen LogP contribution >= 0.6 is 0 Å². The van der Waals surface area contributed by atoms with Gasteiger partial charge in [0.1, 0.15) is 18.7 Å². The highest BCUT2D eigenvalue weighted by molar-refractivity contribution is 5.99. The molecule has 5 atom stereocenters. The number of benzene rings is 3. The molecule has 2 fully saturated rings. The number of nitrogens with zero attached hydrogens (tertiary/aromatic N) is 2. The van der Waals surface area contributed by atoms with Gasteiger partial charge < -0.3 is 20.1 Å². The molecule has 3 aromatic carbocycles. The highest BCUT2D eigenvalue weighted by Gasteiger charge is 2.58. The first-order valence-electron chi connectivity index (χ1n) is 13.5. The molecule has 2 aliphatic heterocycles. The fraction of sp³-hybridized carbons (Fsp3) is 0.250. The molecule has 2 unspecified atom stereocenters. The standard InChI is InChI=1S/C32H31N3O6/c1-21(23-13-7-3-8-14-23)33-30(38)26(19-28(36)37)34-25(18-17-22-11-5-2-6-12-22)29(31(34)39)35-27(20-41-32(35)40)24-15-9-4-10-16-24/h2-18,21,25-27,29H,19-20H2,1H3,(H,33,38)(H,36,37)/t21-,25?,26-,27-,29?/m1/s1. The van der Waals surface area contributed by atoms with Crippen LogP contribution < -0.4 is 5.32 Å². The molecule has 2 saturated heterocycles. The van der Waals surface area contributed by atoms with E-state index in [1.165, 1.54) is 9.80 Å². The van der Waals surface area contributed by atoms with Crippen molar-refractivity contribution in [3.05, 3.63) is 114 Å². The van der Waals surface area contributed by atoms with Crippen LogP contribution in [0.1, 0.15) is 42.1 Å². The van der Waals surface area contributed by atoms with Gasteiger partial charge in [0.05, 0.1) is 24.5 Å². The molecule has 210 valence electrons. The van der Waals surface area contributed by atoms with E-state index in [1.54, 1.807) is 19.1 Å². The van der Waals surface area contributed by atoms with Gasteiger partial charge in [-0.2, -0.15) is 0 Å². The van der Waals surface area contributed by atoms with E-state index in [0.29, 0.717) is 0 Å². The molecule has 0 aromatic heterocycles. The van der Waals surface area contributed by atoms with E-state index in [-0.39, 0.29) is 6.61 Å². The van der Waals surface area contributed by atoms with E-state index in [0.717, 1.165) is 16.7 Å². The lowest BCUT2D eigenvalue weighted by Crippen LogP contribution is -2.74. The first-order chi connectivity index (χ1) is 19.8. The summed E-state index contributed by atoms with van der Waals surface area (Å²) in [5.41, 5.74) is 2.51. The monoisotopic (exact) mass is 553 g/mol. The van der Waals surface area contributed by atoms with Crippen LogP contribution in [-0.4, -0.2) is 63.5 Å². The van der Waals surface area contributed by atoms with Gasteiger partial charge in [-0.1, -0.05) is 103 Å². The van der Waals surface area contributed by atoms with Crippen molar-refractivity contribution in [3.8, 4) is 0 Å². The largest absolute Gasteiger partial charge is 0.481 e. The lowest BCUT2D eigenvalue weighted by molar-refractivity contribution is -0.165. The summed E-state index contributed by atoms with van der Waals surface area (Å²) in [6.07, 6.45) is 2.33. The minimum Gasteiger partial charge on any atom is -0.481 e. The van der Waals surface area contributed by atoms with E-state index in [4.69, 9.17) is 4.74 Å². The normalized spacial score (nSPS) is 21.7. The van der Waals surface area contributed by atoms with Gasteiger partial charge in [0, 0.05) is 0 Å². The number of hydrogen-bond donors (Lipinski definition) is 2. The van der Waals surface area contributed by atoms with E-state index in [9.17, 15) is 24.3 Å². The molecule has 9 heteroatoms. The van der Waals surface area contributed by atoms with Crippen LogP contribution in [0.25, 0.3) is 6.08 Å². The van der Waals surface area contributed by atoms with Crippen molar-refractivity contribution >= 4 is 30.0 Å². The first-order valence-corrected chi connectivity index (χ1v) is 13.5. The molecule has 5 rings (SSSR count). The predicted molar refractivity (Wildman–Crippen MR) is 151 cm³/mol. The van der Waals surface area contributed by atoms with Crippen molar-refractivity contribution in [1.82, 2.24) is 15.1 Å². The van der Waals surface area contributed by atoms with Crippen molar-refractivity contribution in [2.24, 2.45) is 0 Å². The lowest BCUT2D eigenvalue weighted by atomic mass is 9.87. The molecule has 2 heterocycles. The Bertz CT molecular complexity index is 1430. The summed E-state index contributed by atoms with van der Waals surface area (Å²) < 4.78 is 5.38. The summed E-state index contributed by atoms with van der Waals surface area (Å²) in [5, 5.41) is 12.6. The number of carbonyl (C=O) groups excluding carboxylic acids is 3. The third kappa shape index (κ3) is 5.84. The Morgan fingerprint density at radius 1 is 0.976 bits per heavy atom. The molecule has 3 aromatic rings. The average molecular weight is 554 g/mol. The summed E-state index contributed by atoms with van der Waals surface area (Å²) in [7, 11) is 0. The number of hydrogen-bond acceptors (Lipinski definition) is 5. The molecule has 41 heavy (non-hydrogen) atoms. The van der Waals surface area contributed by atoms with Gasteiger partial charge in [-0.25, -0.2) is 4.79 Å². The number of β-lactam (4-membered cyclic amide) rings is 1. The van der Waals surface area contributed by atoms with Gasteiger partial charge in [-0.15, -0.1) is 0 Å². The van der Waals surface area contributed by atoms with Crippen LogP contribution in [-0.2, 0) is 19.1 Å². The Hall–Kier alpha value is -4.92. The summed E-state index contributed by atoms with van der Waals surface area (Å²) >= 11 is 0. The molecular weight excluding hydrogens is 522 g/mol. The van der Waals surface area contributed by atoms with Gasteiger partial charge in [-0.05, 0) is 23.6 Å². The van der Waals surface area contributed by atoms with Crippen LogP contribution in [0.5, 0.6) is 0 Å². The molecule has 9 nitrogen and oxygen atoms in total. The highest BCUT2D eigenvalue weighted by Crippen LogP contribution is 2.39. The summed E-state index contributed by atoms with van der Waals surface area (Å²) in [5.74, 6) is -2.32. The third-order valence-electron chi connectivity index (χ3n) is 7.50. The first kappa shape index (κ1) is 27.6. The topological polar surface area (TPSA) is 116 Å². The van der Waals surface area contributed by atoms with Crippen LogP contribution in [0.2, 0.25) is 0 Å². The molecule has 0 bridgehead atoms. The fourth-order valence-electron chi connectivity index (χ4n) is 5.42. The highest BCUT2D eigenvalue weighted by atomic mass is 16.6. The van der Waals surface area contributed by atoms with Crippen molar-refractivity contribution in [3.63, 3.8) is 0 Å². The molecule has 0 aliphatic carbocycles. The zero-order valence-electron chi connectivity index (χ0n) is 22.5. The maximum atomic E-state index is 13.8. The quantitative estimate of drug-likeness (QED) is 0.364. The van der Waals surface area contributed by atoms with Crippen LogP contribution in [0.3, 0.4) is 0 Å². The second kappa shape index (κ2) is 12.1. The molecule has 0 radical (unpaired) electrons. The van der Waals surface area contributed by atoms with Crippen molar-refractivity contribution < 1.29 is 29.0 Å². The van der Waals surface area contributed by atoms with Crippen molar-refractivity contribution in [1.29, 1.82) is 0 Å². The van der Waals surface area contributed by atoms with E-state index < -0.39 is 60.5 Å². The second-order valence-electron chi connectivity index (χ2n) is 10.1. The molecule has 2 aliphatic rings. The zero-order valence-corrected chi connectivity index (χ0v) is 22.5. The van der Waals surface area contributed by atoms with E-state index >= 15 is 0 Å². The van der Waals surface area contributed by atoms with E-state index in [2.05, 4.69) is 5.32 Å². The Labute approximate surface area is 238 Å². The second-order valence-corrected chi connectivity index (χ2v) is 10.1. The summed E-state index contributed by atoms with van der Waals surface area (Å²) in [4.78, 5) is 55.0. The van der Waals surface area contributed by atoms with Gasteiger partial charge in [0.15, 0.2) is 0 Å². The number of likely N-dealkylation sites (tertiary alicyclic amines) is 1. The van der Waals surface area contributed by atoms with E-state index in [1.807, 2.05) is 91.0 Å². The van der Waals surface area contributed by atoms with Crippen LogP contribution in [0.15, 0.2) is 97.1 Å². The SMILES string of the molecule is C[C@@H](NC(=O)[C@@H](CC(=O)O)N1C(=O)C(N2C(=O)OC[C@@H]2c2ccccc2)C1C=Cc1ccccc1)c1ccccc1. The van der Waals surface area contributed by atoms with Crippen molar-refractivity contribution in [2.45, 2.75) is 43.6 Å². The smallest absolute Gasteiger partial charge is 0.411 e. The lowest BCUT2D eigenvalue weighted by Gasteiger charge is -2.52. The average Bonchev–Trinajstić information content (AvgIpc) is 3.36. The Kier molecular flexibility index (Phi) is 8.14. The molecule has 0 saturated carbocycles. The Morgan fingerprint density at radius 2 is 1.59 bits per heavy atom. The van der Waals surface area contributed by atoms with Gasteiger partial charge in [0.2, 0.25) is 11.8 Å². The van der Waals surface area contributed by atoms with Gasteiger partial charge >= 0.3 is 12.1 Å². The minimum atomic E-state index is -1.29. The predicted octanol–water partition coefficient (Wildman–Crippen LogP) is 4.19. The molecule has 3 amide bonds. The van der Waals surface area contributed by atoms with Gasteiger partial charge in [-0.3, -0.25) is 19.3 Å². The number of aliphatic carboxylic acids is 1. The number of carboxylic acids is 1. The number of cyclic esters (lactones) is 1. The number of ether oxygens (including phenoxy) is 1. The number of amides is 3. The number of nitrogens with one attached hydrogen (secondary N) is 1. The molecular formula is C32H31N3O6. The Morgan fingerprint density at radius 3 is 2.22 bits per heavy atom. The van der Waals surface area contributed by atoms with Gasteiger partial charge in [0.25, 0.3) is 0 Å². The fourth-order valence-corrected chi connectivity index (χ4v) is 5.42. The Balaban J connectivity index is 1.48.